The summed E-state index contributed by atoms with van der Waals surface area (Å²) >= 11 is 0. The highest BCUT2D eigenvalue weighted by atomic mass is 28.5. The van der Waals surface area contributed by atoms with Gasteiger partial charge in [0.2, 0.25) is 19.5 Å². The van der Waals surface area contributed by atoms with Crippen molar-refractivity contribution in [3.63, 3.8) is 0 Å². The van der Waals surface area contributed by atoms with E-state index in [1.165, 1.54) is 0 Å². The van der Waals surface area contributed by atoms with Crippen molar-refractivity contribution in [2.75, 3.05) is 0 Å². The molecule has 0 amide bonds. The predicted molar refractivity (Wildman–Crippen MR) is 108 cm³/mol. The van der Waals surface area contributed by atoms with Crippen LogP contribution in [0.2, 0.25) is 49.4 Å². The highest BCUT2D eigenvalue weighted by Gasteiger charge is 2.52. The molecule has 0 aromatic carbocycles. The molecule has 4 radical (unpaired) electrons. The summed E-state index contributed by atoms with van der Waals surface area (Å²) in [6.45, 7) is 26.0. The third-order valence-electron chi connectivity index (χ3n) is 1.83. The van der Waals surface area contributed by atoms with Crippen molar-refractivity contribution in [3.05, 3.63) is 0 Å². The Morgan fingerprint density at radius 1 is 0.565 bits per heavy atom. The van der Waals surface area contributed by atoms with Gasteiger partial charge in [0.1, 0.15) is 0 Å². The summed E-state index contributed by atoms with van der Waals surface area (Å²) < 4.78 is 25.5. The van der Waals surface area contributed by atoms with E-state index < -0.39 is 25.7 Å². The van der Waals surface area contributed by atoms with Crippen molar-refractivity contribution >= 4 is 45.2 Å². The molecule has 0 rings (SSSR count). The molecule has 0 N–H and O–H groups in total. The number of rotatable bonds is 8. The van der Waals surface area contributed by atoms with E-state index in [1.807, 2.05) is 0 Å². The molecular formula is C14H36O4Si5. The van der Waals surface area contributed by atoms with Crippen LogP contribution < -0.4 is 0 Å². The molecule has 0 saturated heterocycles. The highest BCUT2D eigenvalue weighted by molar-refractivity contribution is 6.86. The first-order chi connectivity index (χ1) is 9.83. The van der Waals surface area contributed by atoms with Crippen LogP contribution in [0.25, 0.3) is 0 Å². The van der Waals surface area contributed by atoms with E-state index in [1.54, 1.807) is 0 Å². The van der Waals surface area contributed by atoms with Crippen LogP contribution in [0.1, 0.15) is 41.5 Å². The molecule has 0 spiro atoms. The lowest BCUT2D eigenvalue weighted by Gasteiger charge is -2.40. The first-order valence-corrected chi connectivity index (χ1v) is 18.4. The Kier molecular flexibility index (Phi) is 8.41. The van der Waals surface area contributed by atoms with Crippen molar-refractivity contribution in [1.29, 1.82) is 0 Å². The first kappa shape index (κ1) is 23.9. The molecule has 0 aromatic rings. The van der Waals surface area contributed by atoms with Crippen molar-refractivity contribution in [1.82, 2.24) is 0 Å². The van der Waals surface area contributed by atoms with E-state index in [9.17, 15) is 0 Å². The van der Waals surface area contributed by atoms with Crippen LogP contribution in [0.3, 0.4) is 0 Å². The highest BCUT2D eigenvalue weighted by Crippen LogP contribution is 2.30. The van der Waals surface area contributed by atoms with Gasteiger partial charge in [0.05, 0.1) is 0 Å². The van der Waals surface area contributed by atoms with E-state index >= 15 is 0 Å². The van der Waals surface area contributed by atoms with Crippen molar-refractivity contribution < 1.29 is 16.5 Å². The molecule has 0 aliphatic rings. The Morgan fingerprint density at radius 2 is 0.826 bits per heavy atom. The second-order valence-electron chi connectivity index (χ2n) is 9.84. The fourth-order valence-electron chi connectivity index (χ4n) is 1.31. The summed E-state index contributed by atoms with van der Waals surface area (Å²) in [6.07, 6.45) is 0. The average Bonchev–Trinajstić information content (AvgIpc) is 2.17. The molecule has 9 heteroatoms. The monoisotopic (exact) mass is 408 g/mol. The molecule has 23 heavy (non-hydrogen) atoms. The fraction of sp³-hybridized carbons (Fsp3) is 1.00. The van der Waals surface area contributed by atoms with Crippen LogP contribution in [0, 0.1) is 0 Å². The lowest BCUT2D eigenvalue weighted by Crippen LogP contribution is -2.61. The second kappa shape index (κ2) is 8.08. The molecule has 0 aliphatic carbocycles. The number of hydrogen-bond acceptors (Lipinski definition) is 4. The molecule has 0 saturated carbocycles. The van der Waals surface area contributed by atoms with Gasteiger partial charge in [-0.15, -0.1) is 0 Å². The van der Waals surface area contributed by atoms with E-state index in [4.69, 9.17) is 16.5 Å². The molecule has 4 nitrogen and oxygen atoms in total. The average molecular weight is 409 g/mol. The van der Waals surface area contributed by atoms with Gasteiger partial charge in [-0.2, -0.15) is 0 Å². The third kappa shape index (κ3) is 13.8. The largest absolute Gasteiger partial charge is 0.636 e. The maximum Gasteiger partial charge on any atom is 0.636 e. The van der Waals surface area contributed by atoms with Crippen LogP contribution in [-0.4, -0.2) is 45.2 Å². The lowest BCUT2D eigenvalue weighted by atomic mass is 10.3. The summed E-state index contributed by atoms with van der Waals surface area (Å²) in [4.78, 5) is 0. The van der Waals surface area contributed by atoms with Crippen LogP contribution in [0.15, 0.2) is 0 Å². The van der Waals surface area contributed by atoms with Crippen LogP contribution in [-0.2, 0) is 16.5 Å². The zero-order valence-electron chi connectivity index (χ0n) is 17.1. The van der Waals surface area contributed by atoms with Gasteiger partial charge in [-0.3, -0.25) is 0 Å². The van der Waals surface area contributed by atoms with Gasteiger partial charge in [0, 0.05) is 0 Å². The minimum absolute atomic E-state index is 0.0675. The van der Waals surface area contributed by atoms with Crippen LogP contribution in [0.4, 0.5) is 0 Å². The summed E-state index contributed by atoms with van der Waals surface area (Å²) in [5, 5.41) is 0.135. The first-order valence-electron chi connectivity index (χ1n) is 8.13. The normalized spacial score (nSPS) is 15.1. The van der Waals surface area contributed by atoms with Crippen LogP contribution in [0.5, 0.6) is 0 Å². The minimum Gasteiger partial charge on any atom is -0.396 e. The Hall–Kier alpha value is 0.924. The van der Waals surface area contributed by atoms with E-state index in [0.29, 0.717) is 19.5 Å². The van der Waals surface area contributed by atoms with Gasteiger partial charge in [-0.05, 0) is 49.4 Å². The van der Waals surface area contributed by atoms with E-state index in [2.05, 4.69) is 80.8 Å². The van der Waals surface area contributed by atoms with Gasteiger partial charge in [-0.25, -0.2) is 0 Å². The summed E-state index contributed by atoms with van der Waals surface area (Å²) in [7, 11) is -6.29. The molecule has 136 valence electrons. The van der Waals surface area contributed by atoms with Crippen molar-refractivity contribution in [2.24, 2.45) is 0 Å². The van der Waals surface area contributed by atoms with Gasteiger partial charge in [0.25, 0.3) is 0 Å². The summed E-state index contributed by atoms with van der Waals surface area (Å²) in [5.41, 5.74) is 0. The molecule has 0 fully saturated rings. The Morgan fingerprint density at radius 3 is 1.00 bits per heavy atom. The Balaban J connectivity index is 5.50. The molecular weight excluding hydrogens is 373 g/mol. The Labute approximate surface area is 152 Å². The summed E-state index contributed by atoms with van der Waals surface area (Å²) in [5.74, 6) is 0. The zero-order chi connectivity index (χ0) is 18.7. The standard InChI is InChI=1S/C14H36O4Si5/c1-13(2,3)19-15-23(17-21(7,8)9,18-22(10,11)12)16-20-14(4,5)6/h1-12H3. The van der Waals surface area contributed by atoms with Crippen molar-refractivity contribution in [2.45, 2.75) is 90.9 Å². The van der Waals surface area contributed by atoms with E-state index in [-0.39, 0.29) is 10.1 Å². The zero-order valence-corrected chi connectivity index (χ0v) is 22.1. The van der Waals surface area contributed by atoms with E-state index in [0.717, 1.165) is 0 Å². The molecule has 0 unspecified atom stereocenters. The molecule has 0 aromatic heterocycles. The second-order valence-corrected chi connectivity index (χ2v) is 26.0. The molecule has 0 aliphatic heterocycles. The van der Waals surface area contributed by atoms with Gasteiger partial charge in [-0.1, -0.05) is 41.5 Å². The number of hydrogen-bond donors (Lipinski definition) is 0. The van der Waals surface area contributed by atoms with Crippen molar-refractivity contribution in [3.8, 4) is 0 Å². The minimum atomic E-state index is -3.14. The molecule has 0 heterocycles. The molecule has 0 atom stereocenters. The maximum atomic E-state index is 6.45. The quantitative estimate of drug-likeness (QED) is 0.539. The topological polar surface area (TPSA) is 36.9 Å². The fourth-order valence-corrected chi connectivity index (χ4v) is 14.0. The van der Waals surface area contributed by atoms with Gasteiger partial charge in [0.15, 0.2) is 16.6 Å². The van der Waals surface area contributed by atoms with Gasteiger partial charge < -0.3 is 16.5 Å². The SMILES string of the molecule is CC(C)(C)[Si]O[Si](O[Si]C(C)(C)C)(O[Si](C)(C)C)O[Si](C)(C)C. The third-order valence-corrected chi connectivity index (χ3v) is 12.8. The van der Waals surface area contributed by atoms with Gasteiger partial charge >= 0.3 is 9.05 Å². The molecule has 0 bridgehead atoms. The van der Waals surface area contributed by atoms with Crippen LogP contribution >= 0.6 is 0 Å². The lowest BCUT2D eigenvalue weighted by molar-refractivity contribution is 0.156. The maximum absolute atomic E-state index is 6.45. The predicted octanol–water partition coefficient (Wildman–Crippen LogP) is 4.83. The Bertz CT molecular complexity index is 327. The summed E-state index contributed by atoms with van der Waals surface area (Å²) in [6, 6.07) is 0. The smallest absolute Gasteiger partial charge is 0.396 e.